The Bertz CT molecular complexity index is 865. The maximum Gasteiger partial charge on any atom is 0.303 e. The Labute approximate surface area is 182 Å². The molecular formula is C24H30ClFO4. The van der Waals surface area contributed by atoms with Crippen LogP contribution in [0, 0.1) is 34.5 Å². The number of ketones is 2. The first-order valence-electron chi connectivity index (χ1n) is 10.9. The standard InChI is InChI=1S/C24H30ClFO4/c1-13-9-18-17-6-5-15-10-16(28)7-8-23(15,4)24(17,25)20(26)11-22(18,3)21(13)19(29)12-30-14(2)27/h7-8,10,13,17-18,20-21H,5-6,9,11-12H2,1-4H3/t13-,17+,18+,20+,21-,22+,23+,24+/m1/s1. The number of rotatable bonds is 3. The molecule has 0 N–H and O–H groups in total. The fourth-order valence-corrected chi connectivity index (χ4v) is 7.98. The van der Waals surface area contributed by atoms with E-state index in [4.69, 9.17) is 16.3 Å². The average Bonchev–Trinajstić information content (AvgIpc) is 2.91. The topological polar surface area (TPSA) is 60.4 Å². The summed E-state index contributed by atoms with van der Waals surface area (Å²) in [4.78, 5) is 35.0. The fraction of sp³-hybridized carbons (Fsp3) is 0.708. The molecule has 30 heavy (non-hydrogen) atoms. The zero-order valence-electron chi connectivity index (χ0n) is 18.0. The molecule has 3 saturated carbocycles. The van der Waals surface area contributed by atoms with Gasteiger partial charge in [0.15, 0.2) is 11.6 Å². The molecule has 0 aromatic rings. The first kappa shape index (κ1) is 21.7. The number of alkyl halides is 2. The van der Waals surface area contributed by atoms with E-state index in [2.05, 4.69) is 0 Å². The summed E-state index contributed by atoms with van der Waals surface area (Å²) in [7, 11) is 0. The Kier molecular flexibility index (Phi) is 5.08. The molecule has 6 heteroatoms. The van der Waals surface area contributed by atoms with Gasteiger partial charge < -0.3 is 4.74 Å². The first-order valence-corrected chi connectivity index (χ1v) is 11.3. The minimum atomic E-state index is -1.31. The summed E-state index contributed by atoms with van der Waals surface area (Å²) in [6, 6.07) is 0. The lowest BCUT2D eigenvalue weighted by Gasteiger charge is -2.62. The molecule has 0 unspecified atom stereocenters. The lowest BCUT2D eigenvalue weighted by atomic mass is 9.46. The molecule has 0 aliphatic heterocycles. The minimum Gasteiger partial charge on any atom is -0.458 e. The van der Waals surface area contributed by atoms with E-state index in [-0.39, 0.29) is 48.3 Å². The summed E-state index contributed by atoms with van der Waals surface area (Å²) >= 11 is 7.26. The number of allylic oxidation sites excluding steroid dienone is 4. The van der Waals surface area contributed by atoms with Crippen LogP contribution < -0.4 is 0 Å². The van der Waals surface area contributed by atoms with E-state index in [0.717, 1.165) is 12.0 Å². The summed E-state index contributed by atoms with van der Waals surface area (Å²) in [5.41, 5.74) is -0.318. The molecule has 164 valence electrons. The van der Waals surface area contributed by atoms with Crippen LogP contribution in [-0.2, 0) is 19.1 Å². The largest absolute Gasteiger partial charge is 0.458 e. The molecule has 0 aromatic carbocycles. The van der Waals surface area contributed by atoms with Gasteiger partial charge in [0.2, 0.25) is 0 Å². The van der Waals surface area contributed by atoms with Gasteiger partial charge in [0.25, 0.3) is 0 Å². The number of hydrogen-bond donors (Lipinski definition) is 0. The van der Waals surface area contributed by atoms with E-state index in [1.54, 1.807) is 12.2 Å². The van der Waals surface area contributed by atoms with Gasteiger partial charge in [-0.1, -0.05) is 32.4 Å². The zero-order valence-corrected chi connectivity index (χ0v) is 18.8. The highest BCUT2D eigenvalue weighted by Gasteiger charge is 2.70. The van der Waals surface area contributed by atoms with E-state index in [0.29, 0.717) is 12.8 Å². The highest BCUT2D eigenvalue weighted by Crippen LogP contribution is 2.71. The third kappa shape index (κ3) is 2.80. The molecule has 8 atom stereocenters. The molecule has 0 bridgehead atoms. The lowest BCUT2D eigenvalue weighted by molar-refractivity contribution is -0.150. The first-order chi connectivity index (χ1) is 13.9. The normalized spacial score (nSPS) is 47.1. The van der Waals surface area contributed by atoms with E-state index in [1.807, 2.05) is 20.8 Å². The quantitative estimate of drug-likeness (QED) is 0.479. The number of fused-ring (bicyclic) bond motifs is 5. The van der Waals surface area contributed by atoms with Crippen molar-refractivity contribution in [1.82, 2.24) is 0 Å². The Morgan fingerprint density at radius 1 is 1.30 bits per heavy atom. The Balaban J connectivity index is 1.71. The second-order valence-electron chi connectivity index (χ2n) is 10.2. The number of carbonyl (C=O) groups is 3. The highest BCUT2D eigenvalue weighted by molar-refractivity contribution is 6.26. The number of Topliss-reactive ketones (excluding diaryl/α,β-unsaturated/α-hetero) is 1. The summed E-state index contributed by atoms with van der Waals surface area (Å²) in [6.07, 6.45) is 6.06. The van der Waals surface area contributed by atoms with Crippen LogP contribution in [0.15, 0.2) is 23.8 Å². The monoisotopic (exact) mass is 436 g/mol. The Hall–Kier alpha value is -1.49. The van der Waals surface area contributed by atoms with Crippen LogP contribution in [-0.4, -0.2) is 35.2 Å². The van der Waals surface area contributed by atoms with E-state index < -0.39 is 27.8 Å². The molecule has 4 nitrogen and oxygen atoms in total. The molecule has 4 aliphatic carbocycles. The molecule has 0 heterocycles. The van der Waals surface area contributed by atoms with Gasteiger partial charge in [0.1, 0.15) is 12.8 Å². The SMILES string of the molecule is CC(=O)OCC(=O)[C@H]1[C@H](C)C[C@H]2[C@@H]3CCC4=CC(=O)C=C[C@]4(C)[C@@]3(Cl)[C@@H](F)C[C@@]21C. The molecule has 4 aliphatic rings. The van der Waals surface area contributed by atoms with E-state index in [9.17, 15) is 14.4 Å². The predicted molar refractivity (Wildman–Crippen MR) is 112 cm³/mol. The molecule has 0 saturated heterocycles. The smallest absolute Gasteiger partial charge is 0.303 e. The molecule has 0 amide bonds. The second-order valence-corrected chi connectivity index (χ2v) is 10.9. The summed E-state index contributed by atoms with van der Waals surface area (Å²) in [5, 5.41) is 0. The second kappa shape index (κ2) is 7.01. The van der Waals surface area contributed by atoms with Crippen LogP contribution in [0.5, 0.6) is 0 Å². The lowest BCUT2D eigenvalue weighted by Crippen LogP contribution is -2.65. The van der Waals surface area contributed by atoms with Crippen LogP contribution in [0.25, 0.3) is 0 Å². The molecule has 3 fully saturated rings. The van der Waals surface area contributed by atoms with Gasteiger partial charge in [-0.2, -0.15) is 0 Å². The average molecular weight is 437 g/mol. The van der Waals surface area contributed by atoms with Gasteiger partial charge in [0.05, 0.1) is 4.87 Å². The number of carbonyl (C=O) groups excluding carboxylic acids is 3. The Morgan fingerprint density at radius 3 is 2.67 bits per heavy atom. The van der Waals surface area contributed by atoms with Gasteiger partial charge in [0, 0.05) is 18.3 Å². The molecule has 0 spiro atoms. The highest BCUT2D eigenvalue weighted by atomic mass is 35.5. The van der Waals surface area contributed by atoms with Gasteiger partial charge in [-0.3, -0.25) is 14.4 Å². The minimum absolute atomic E-state index is 0.0668. The van der Waals surface area contributed by atoms with Gasteiger partial charge in [-0.25, -0.2) is 4.39 Å². The predicted octanol–water partition coefficient (Wildman–Crippen LogP) is 4.60. The van der Waals surface area contributed by atoms with Crippen LogP contribution in [0.2, 0.25) is 0 Å². The third-order valence-corrected chi connectivity index (χ3v) is 9.61. The number of hydrogen-bond acceptors (Lipinski definition) is 4. The maximum absolute atomic E-state index is 16.1. The van der Waals surface area contributed by atoms with Gasteiger partial charge >= 0.3 is 5.97 Å². The Morgan fingerprint density at radius 2 is 2.00 bits per heavy atom. The van der Waals surface area contributed by atoms with Crippen molar-refractivity contribution in [3.8, 4) is 0 Å². The van der Waals surface area contributed by atoms with Crippen molar-refractivity contribution in [1.29, 1.82) is 0 Å². The molecule has 4 rings (SSSR count). The molecule has 0 radical (unpaired) electrons. The van der Waals surface area contributed by atoms with Crippen molar-refractivity contribution in [2.45, 2.75) is 64.4 Å². The van der Waals surface area contributed by atoms with Crippen LogP contribution in [0.4, 0.5) is 4.39 Å². The number of halogens is 2. The van der Waals surface area contributed by atoms with Crippen molar-refractivity contribution in [3.63, 3.8) is 0 Å². The van der Waals surface area contributed by atoms with Crippen molar-refractivity contribution in [2.75, 3.05) is 6.61 Å². The van der Waals surface area contributed by atoms with E-state index >= 15 is 4.39 Å². The van der Waals surface area contributed by atoms with Crippen molar-refractivity contribution in [2.24, 2.45) is 34.5 Å². The van der Waals surface area contributed by atoms with Gasteiger partial charge in [-0.05, 0) is 61.0 Å². The number of ether oxygens (including phenoxy) is 1. The van der Waals surface area contributed by atoms with Crippen molar-refractivity contribution < 1.29 is 23.5 Å². The third-order valence-electron chi connectivity index (χ3n) is 8.70. The van der Waals surface area contributed by atoms with Crippen LogP contribution >= 0.6 is 11.6 Å². The van der Waals surface area contributed by atoms with Crippen molar-refractivity contribution in [3.05, 3.63) is 23.8 Å². The van der Waals surface area contributed by atoms with Gasteiger partial charge in [-0.15, -0.1) is 11.6 Å². The van der Waals surface area contributed by atoms with E-state index in [1.165, 1.54) is 13.0 Å². The van der Waals surface area contributed by atoms with Crippen LogP contribution in [0.1, 0.15) is 53.4 Å². The fourth-order valence-electron chi connectivity index (χ4n) is 7.46. The number of esters is 1. The summed E-state index contributed by atoms with van der Waals surface area (Å²) in [6.45, 7) is 7.05. The van der Waals surface area contributed by atoms with Crippen molar-refractivity contribution >= 4 is 29.1 Å². The zero-order chi connectivity index (χ0) is 22.1. The summed E-state index contributed by atoms with van der Waals surface area (Å²) < 4.78 is 21.1. The molecular weight excluding hydrogens is 407 g/mol. The summed E-state index contributed by atoms with van der Waals surface area (Å²) in [5.74, 6) is -0.946. The maximum atomic E-state index is 16.1. The molecule has 0 aromatic heterocycles. The van der Waals surface area contributed by atoms with Crippen LogP contribution in [0.3, 0.4) is 0 Å².